The van der Waals surface area contributed by atoms with Crippen molar-refractivity contribution in [1.29, 1.82) is 0 Å². The van der Waals surface area contributed by atoms with Gasteiger partial charge in [0.15, 0.2) is 6.10 Å². The molecule has 0 saturated heterocycles. The summed E-state index contributed by atoms with van der Waals surface area (Å²) < 4.78 is 18.1. The predicted octanol–water partition coefficient (Wildman–Crippen LogP) is 3.97. The number of ether oxygens (including phenoxy) is 1. The number of hydrogen-bond donors (Lipinski definition) is 1. The van der Waals surface area contributed by atoms with Crippen LogP contribution in [0.25, 0.3) is 0 Å². The monoisotopic (exact) mass is 335 g/mol. The van der Waals surface area contributed by atoms with Gasteiger partial charge in [0.2, 0.25) is 0 Å². The lowest BCUT2D eigenvalue weighted by molar-refractivity contribution is -0.123. The van der Waals surface area contributed by atoms with Gasteiger partial charge in [-0.25, -0.2) is 9.18 Å². The molecule has 0 radical (unpaired) electrons. The van der Waals surface area contributed by atoms with Gasteiger partial charge in [-0.3, -0.25) is 4.79 Å². The fourth-order valence-electron chi connectivity index (χ4n) is 1.88. The van der Waals surface area contributed by atoms with E-state index in [4.69, 9.17) is 16.3 Å². The van der Waals surface area contributed by atoms with Crippen molar-refractivity contribution in [3.63, 3.8) is 0 Å². The lowest BCUT2D eigenvalue weighted by Crippen LogP contribution is -2.30. The van der Waals surface area contributed by atoms with Gasteiger partial charge < -0.3 is 10.1 Å². The number of nitrogens with one attached hydrogen (secondary N) is 1. The minimum absolute atomic E-state index is 0.0653. The van der Waals surface area contributed by atoms with Crippen LogP contribution in [0.2, 0.25) is 5.02 Å². The van der Waals surface area contributed by atoms with Crippen LogP contribution in [0.15, 0.2) is 42.5 Å². The third-order valence-electron chi connectivity index (χ3n) is 3.10. The molecule has 1 amide bonds. The first kappa shape index (κ1) is 17.0. The summed E-state index contributed by atoms with van der Waals surface area (Å²) in [6.07, 6.45) is -1.02. The van der Waals surface area contributed by atoms with Crippen LogP contribution in [0.4, 0.5) is 10.1 Å². The second-order valence-electron chi connectivity index (χ2n) is 5.03. The van der Waals surface area contributed by atoms with Gasteiger partial charge in [0.25, 0.3) is 5.91 Å². The van der Waals surface area contributed by atoms with Crippen molar-refractivity contribution in [2.45, 2.75) is 20.0 Å². The highest BCUT2D eigenvalue weighted by atomic mass is 35.5. The molecule has 1 atom stereocenters. The van der Waals surface area contributed by atoms with E-state index in [0.29, 0.717) is 5.56 Å². The molecule has 0 aliphatic rings. The summed E-state index contributed by atoms with van der Waals surface area (Å²) in [6.45, 7) is 3.30. The van der Waals surface area contributed by atoms with Gasteiger partial charge in [-0.05, 0) is 44.2 Å². The highest BCUT2D eigenvalue weighted by Crippen LogP contribution is 2.22. The number of carbonyl (C=O) groups excluding carboxylic acids is 2. The summed E-state index contributed by atoms with van der Waals surface area (Å²) in [7, 11) is 0. The van der Waals surface area contributed by atoms with Gasteiger partial charge >= 0.3 is 5.97 Å². The number of hydrogen-bond acceptors (Lipinski definition) is 3. The van der Waals surface area contributed by atoms with Crippen LogP contribution in [0.3, 0.4) is 0 Å². The average molecular weight is 336 g/mol. The molecule has 0 heterocycles. The molecule has 0 aromatic heterocycles. The lowest BCUT2D eigenvalue weighted by Gasteiger charge is -2.14. The third kappa shape index (κ3) is 4.53. The molecule has 0 fully saturated rings. The molecular weight excluding hydrogens is 321 g/mol. The van der Waals surface area contributed by atoms with Crippen molar-refractivity contribution in [3.05, 3.63) is 64.4 Å². The summed E-state index contributed by atoms with van der Waals surface area (Å²) in [6, 6.07) is 10.5. The van der Waals surface area contributed by atoms with Gasteiger partial charge in [-0.1, -0.05) is 29.3 Å². The molecule has 2 aromatic carbocycles. The SMILES string of the molecule is Cc1cccc(C(=O)O[C@@H](C)C(=O)Nc2ccc(F)cc2Cl)c1. The topological polar surface area (TPSA) is 55.4 Å². The fraction of sp³-hybridized carbons (Fsp3) is 0.176. The molecule has 23 heavy (non-hydrogen) atoms. The van der Waals surface area contributed by atoms with Gasteiger partial charge in [0.1, 0.15) is 5.82 Å². The quantitative estimate of drug-likeness (QED) is 0.860. The molecule has 120 valence electrons. The maximum atomic E-state index is 13.0. The summed E-state index contributed by atoms with van der Waals surface area (Å²) in [5.41, 5.74) is 1.52. The number of rotatable bonds is 4. The maximum absolute atomic E-state index is 13.0. The Labute approximate surface area is 138 Å². The third-order valence-corrected chi connectivity index (χ3v) is 3.41. The van der Waals surface area contributed by atoms with Gasteiger partial charge in [-0.2, -0.15) is 0 Å². The first-order valence-corrected chi connectivity index (χ1v) is 7.28. The number of aryl methyl sites for hydroxylation is 1. The smallest absolute Gasteiger partial charge is 0.338 e. The zero-order valence-corrected chi connectivity index (χ0v) is 13.4. The summed E-state index contributed by atoms with van der Waals surface area (Å²) in [5.74, 6) is -1.66. The minimum atomic E-state index is -1.02. The van der Waals surface area contributed by atoms with E-state index in [-0.39, 0.29) is 10.7 Å². The van der Waals surface area contributed by atoms with Crippen LogP contribution in [-0.2, 0) is 9.53 Å². The highest BCUT2D eigenvalue weighted by Gasteiger charge is 2.20. The van der Waals surface area contributed by atoms with Crippen LogP contribution in [0.1, 0.15) is 22.8 Å². The Hall–Kier alpha value is -2.40. The second kappa shape index (κ2) is 7.24. The molecule has 0 saturated carbocycles. The normalized spacial score (nSPS) is 11.7. The Morgan fingerprint density at radius 1 is 1.22 bits per heavy atom. The molecule has 1 N–H and O–H groups in total. The van der Waals surface area contributed by atoms with Crippen LogP contribution >= 0.6 is 11.6 Å². The molecule has 4 nitrogen and oxygen atoms in total. The van der Waals surface area contributed by atoms with Crippen molar-refractivity contribution >= 4 is 29.2 Å². The number of carbonyl (C=O) groups is 2. The van der Waals surface area contributed by atoms with Crippen molar-refractivity contribution in [1.82, 2.24) is 0 Å². The zero-order valence-electron chi connectivity index (χ0n) is 12.6. The van der Waals surface area contributed by atoms with E-state index >= 15 is 0 Å². The average Bonchev–Trinajstić information content (AvgIpc) is 2.49. The van der Waals surface area contributed by atoms with Gasteiger partial charge in [-0.15, -0.1) is 0 Å². The van der Waals surface area contributed by atoms with Crippen LogP contribution in [0, 0.1) is 12.7 Å². The van der Waals surface area contributed by atoms with Crippen molar-refractivity contribution in [2.24, 2.45) is 0 Å². The largest absolute Gasteiger partial charge is 0.449 e. The molecule has 0 aliphatic heterocycles. The van der Waals surface area contributed by atoms with Crippen LogP contribution in [-0.4, -0.2) is 18.0 Å². The summed E-state index contributed by atoms with van der Waals surface area (Å²) in [4.78, 5) is 24.0. The Kier molecular flexibility index (Phi) is 5.34. The number of benzene rings is 2. The fourth-order valence-corrected chi connectivity index (χ4v) is 2.09. The number of amides is 1. The van der Waals surface area contributed by atoms with E-state index in [0.717, 1.165) is 11.6 Å². The molecule has 2 rings (SSSR count). The summed E-state index contributed by atoms with van der Waals surface area (Å²) >= 11 is 5.83. The van der Waals surface area contributed by atoms with E-state index in [9.17, 15) is 14.0 Å². The van der Waals surface area contributed by atoms with Crippen molar-refractivity contribution < 1.29 is 18.7 Å². The number of halogens is 2. The Morgan fingerprint density at radius 3 is 2.61 bits per heavy atom. The molecule has 2 aromatic rings. The molecule has 0 aliphatic carbocycles. The van der Waals surface area contributed by atoms with Crippen molar-refractivity contribution in [3.8, 4) is 0 Å². The Morgan fingerprint density at radius 2 is 1.96 bits per heavy atom. The highest BCUT2D eigenvalue weighted by molar-refractivity contribution is 6.33. The molecule has 0 bridgehead atoms. The molecule has 0 spiro atoms. The van der Waals surface area contributed by atoms with Crippen molar-refractivity contribution in [2.75, 3.05) is 5.32 Å². The minimum Gasteiger partial charge on any atom is -0.449 e. The molecular formula is C17H15ClFNO3. The Bertz CT molecular complexity index is 748. The van der Waals surface area contributed by atoms with Crippen LogP contribution < -0.4 is 5.32 Å². The first-order valence-electron chi connectivity index (χ1n) is 6.90. The number of esters is 1. The molecule has 0 unspecified atom stereocenters. The maximum Gasteiger partial charge on any atom is 0.338 e. The predicted molar refractivity (Wildman–Crippen MR) is 86.1 cm³/mol. The molecule has 6 heteroatoms. The zero-order chi connectivity index (χ0) is 17.0. The van der Waals surface area contributed by atoms with E-state index < -0.39 is 23.8 Å². The first-order chi connectivity index (χ1) is 10.9. The van der Waals surface area contributed by atoms with Gasteiger partial charge in [0, 0.05) is 0 Å². The van der Waals surface area contributed by atoms with Crippen LogP contribution in [0.5, 0.6) is 0 Å². The lowest BCUT2D eigenvalue weighted by atomic mass is 10.1. The van der Waals surface area contributed by atoms with Gasteiger partial charge in [0.05, 0.1) is 16.3 Å². The van der Waals surface area contributed by atoms with E-state index in [1.807, 2.05) is 13.0 Å². The Balaban J connectivity index is 2.01. The standard InChI is InChI=1S/C17H15ClFNO3/c1-10-4-3-5-12(8-10)17(22)23-11(2)16(21)20-15-7-6-13(19)9-14(15)18/h3-9,11H,1-2H3,(H,20,21)/t11-/m0/s1. The second-order valence-corrected chi connectivity index (χ2v) is 5.44. The van der Waals surface area contributed by atoms with E-state index in [1.54, 1.807) is 18.2 Å². The number of anilines is 1. The van der Waals surface area contributed by atoms with E-state index in [2.05, 4.69) is 5.32 Å². The van der Waals surface area contributed by atoms with E-state index in [1.165, 1.54) is 19.1 Å². The summed E-state index contributed by atoms with van der Waals surface area (Å²) in [5, 5.41) is 2.56.